The molecule has 154 valence electrons. The molecule has 6 nitrogen and oxygen atoms in total. The molecule has 1 saturated heterocycles. The zero-order chi connectivity index (χ0) is 21.0. The third-order valence-corrected chi connectivity index (χ3v) is 5.22. The Morgan fingerprint density at radius 2 is 1.72 bits per heavy atom. The number of halogens is 1. The summed E-state index contributed by atoms with van der Waals surface area (Å²) in [5, 5.41) is 0.630. The van der Waals surface area contributed by atoms with E-state index < -0.39 is 6.10 Å². The van der Waals surface area contributed by atoms with Gasteiger partial charge in [-0.2, -0.15) is 0 Å². The SMILES string of the molecule is COc1cccc(C(=O)N2CCN(C(=O)C(C)Oc3ccc(Cl)cc3C)CC2)c1. The molecular formula is C22H25ClN2O4. The van der Waals surface area contributed by atoms with Crippen LogP contribution in [0, 0.1) is 6.92 Å². The lowest BCUT2D eigenvalue weighted by Crippen LogP contribution is -2.53. The smallest absolute Gasteiger partial charge is 0.263 e. The third kappa shape index (κ3) is 5.01. The quantitative estimate of drug-likeness (QED) is 0.749. The molecule has 1 aliphatic heterocycles. The average molecular weight is 417 g/mol. The molecule has 1 heterocycles. The maximum absolute atomic E-state index is 12.8. The Labute approximate surface area is 176 Å². The number of amides is 2. The van der Waals surface area contributed by atoms with Crippen LogP contribution in [-0.2, 0) is 4.79 Å². The van der Waals surface area contributed by atoms with Crippen molar-refractivity contribution in [2.45, 2.75) is 20.0 Å². The third-order valence-electron chi connectivity index (χ3n) is 4.98. The maximum atomic E-state index is 12.8. The second-order valence-corrected chi connectivity index (χ2v) is 7.46. The first-order valence-electron chi connectivity index (χ1n) is 9.54. The average Bonchev–Trinajstić information content (AvgIpc) is 2.74. The molecule has 0 bridgehead atoms. The van der Waals surface area contributed by atoms with Gasteiger partial charge in [0.25, 0.3) is 11.8 Å². The fourth-order valence-electron chi connectivity index (χ4n) is 3.31. The monoisotopic (exact) mass is 416 g/mol. The molecular weight excluding hydrogens is 392 g/mol. The van der Waals surface area contributed by atoms with Crippen molar-refractivity contribution in [1.82, 2.24) is 9.80 Å². The number of methoxy groups -OCH3 is 1. The number of ether oxygens (including phenoxy) is 2. The molecule has 0 saturated carbocycles. The minimum Gasteiger partial charge on any atom is -0.497 e. The summed E-state index contributed by atoms with van der Waals surface area (Å²) < 4.78 is 11.0. The summed E-state index contributed by atoms with van der Waals surface area (Å²) in [5.41, 5.74) is 1.46. The molecule has 7 heteroatoms. The molecule has 0 spiro atoms. The van der Waals surface area contributed by atoms with Crippen LogP contribution < -0.4 is 9.47 Å². The summed E-state index contributed by atoms with van der Waals surface area (Å²) in [7, 11) is 1.57. The van der Waals surface area contributed by atoms with Crippen LogP contribution in [0.5, 0.6) is 11.5 Å². The lowest BCUT2D eigenvalue weighted by molar-refractivity contribution is -0.139. The van der Waals surface area contributed by atoms with E-state index in [9.17, 15) is 9.59 Å². The van der Waals surface area contributed by atoms with E-state index >= 15 is 0 Å². The van der Waals surface area contributed by atoms with Crippen molar-refractivity contribution in [3.8, 4) is 11.5 Å². The van der Waals surface area contributed by atoms with E-state index in [1.165, 1.54) is 0 Å². The van der Waals surface area contributed by atoms with Crippen LogP contribution >= 0.6 is 11.6 Å². The molecule has 1 unspecified atom stereocenters. The Kier molecular flexibility index (Phi) is 6.64. The molecule has 2 aromatic carbocycles. The topological polar surface area (TPSA) is 59.1 Å². The van der Waals surface area contributed by atoms with Gasteiger partial charge in [0.1, 0.15) is 11.5 Å². The van der Waals surface area contributed by atoms with Gasteiger partial charge < -0.3 is 19.3 Å². The van der Waals surface area contributed by atoms with Crippen LogP contribution in [0.1, 0.15) is 22.8 Å². The summed E-state index contributed by atoms with van der Waals surface area (Å²) in [5.74, 6) is 1.14. The van der Waals surface area contributed by atoms with Gasteiger partial charge in [-0.05, 0) is 55.8 Å². The minimum atomic E-state index is -0.615. The standard InChI is InChI=1S/C22H25ClN2O4/c1-15-13-18(23)7-8-20(15)29-16(2)21(26)24-9-11-25(12-10-24)22(27)17-5-4-6-19(14-17)28-3/h4-8,13-14,16H,9-12H2,1-3H3. The molecule has 0 N–H and O–H groups in total. The second-order valence-electron chi connectivity index (χ2n) is 7.02. The molecule has 2 amide bonds. The normalized spacial score (nSPS) is 15.0. The van der Waals surface area contributed by atoms with Crippen molar-refractivity contribution in [3.05, 3.63) is 58.6 Å². The highest BCUT2D eigenvalue weighted by atomic mass is 35.5. The van der Waals surface area contributed by atoms with Gasteiger partial charge >= 0.3 is 0 Å². The van der Waals surface area contributed by atoms with Gasteiger partial charge in [-0.3, -0.25) is 9.59 Å². The first kappa shape index (κ1) is 21.0. The van der Waals surface area contributed by atoms with Gasteiger partial charge in [0.05, 0.1) is 7.11 Å². The van der Waals surface area contributed by atoms with Crippen molar-refractivity contribution in [2.75, 3.05) is 33.3 Å². The van der Waals surface area contributed by atoms with E-state index in [1.807, 2.05) is 6.92 Å². The van der Waals surface area contributed by atoms with Gasteiger partial charge in [-0.15, -0.1) is 0 Å². The van der Waals surface area contributed by atoms with Crippen molar-refractivity contribution in [3.63, 3.8) is 0 Å². The molecule has 1 fully saturated rings. The largest absolute Gasteiger partial charge is 0.497 e. The highest BCUT2D eigenvalue weighted by molar-refractivity contribution is 6.30. The van der Waals surface area contributed by atoms with Crippen molar-refractivity contribution in [2.24, 2.45) is 0 Å². The minimum absolute atomic E-state index is 0.0583. The number of nitrogens with zero attached hydrogens (tertiary/aromatic N) is 2. The molecule has 0 aliphatic carbocycles. The van der Waals surface area contributed by atoms with E-state index in [0.29, 0.717) is 48.3 Å². The zero-order valence-corrected chi connectivity index (χ0v) is 17.6. The molecule has 3 rings (SSSR count). The fourth-order valence-corrected chi connectivity index (χ4v) is 3.54. The van der Waals surface area contributed by atoms with Crippen LogP contribution in [0.4, 0.5) is 0 Å². The number of benzene rings is 2. The molecule has 0 radical (unpaired) electrons. The highest BCUT2D eigenvalue weighted by Crippen LogP contribution is 2.23. The number of rotatable bonds is 5. The molecule has 2 aromatic rings. The number of piperazine rings is 1. The number of carbonyl (C=O) groups excluding carboxylic acids is 2. The number of aryl methyl sites for hydroxylation is 1. The number of carbonyl (C=O) groups is 2. The van der Waals surface area contributed by atoms with Crippen molar-refractivity contribution in [1.29, 1.82) is 0 Å². The Hall–Kier alpha value is -2.73. The van der Waals surface area contributed by atoms with Crippen molar-refractivity contribution < 1.29 is 19.1 Å². The van der Waals surface area contributed by atoms with Crippen LogP contribution in [0.15, 0.2) is 42.5 Å². The predicted octanol–water partition coefficient (Wildman–Crippen LogP) is 3.41. The lowest BCUT2D eigenvalue weighted by Gasteiger charge is -2.36. The van der Waals surface area contributed by atoms with Gasteiger partial charge in [-0.25, -0.2) is 0 Å². The number of hydrogen-bond acceptors (Lipinski definition) is 4. The first-order valence-corrected chi connectivity index (χ1v) is 9.91. The van der Waals surface area contributed by atoms with E-state index in [1.54, 1.807) is 66.3 Å². The Bertz CT molecular complexity index is 894. The van der Waals surface area contributed by atoms with Gasteiger partial charge in [0.2, 0.25) is 0 Å². The first-order chi connectivity index (χ1) is 13.9. The van der Waals surface area contributed by atoms with Crippen LogP contribution in [0.2, 0.25) is 5.02 Å². The summed E-state index contributed by atoms with van der Waals surface area (Å²) in [6, 6.07) is 12.4. The Morgan fingerprint density at radius 1 is 1.03 bits per heavy atom. The van der Waals surface area contributed by atoms with Crippen LogP contribution in [-0.4, -0.2) is 61.0 Å². The second kappa shape index (κ2) is 9.18. The van der Waals surface area contributed by atoms with Gasteiger partial charge in [0.15, 0.2) is 6.10 Å². The summed E-state index contributed by atoms with van der Waals surface area (Å²) in [4.78, 5) is 29.0. The Morgan fingerprint density at radius 3 is 2.38 bits per heavy atom. The number of hydrogen-bond donors (Lipinski definition) is 0. The molecule has 0 aromatic heterocycles. The van der Waals surface area contributed by atoms with E-state index in [-0.39, 0.29) is 11.8 Å². The highest BCUT2D eigenvalue weighted by Gasteiger charge is 2.28. The summed E-state index contributed by atoms with van der Waals surface area (Å²) >= 11 is 5.97. The molecule has 29 heavy (non-hydrogen) atoms. The molecule has 1 aliphatic rings. The Balaban J connectivity index is 1.56. The summed E-state index contributed by atoms with van der Waals surface area (Å²) in [6.45, 7) is 5.54. The van der Waals surface area contributed by atoms with E-state index in [2.05, 4.69) is 0 Å². The summed E-state index contributed by atoms with van der Waals surface area (Å²) in [6.07, 6.45) is -0.615. The lowest BCUT2D eigenvalue weighted by atomic mass is 10.1. The maximum Gasteiger partial charge on any atom is 0.263 e. The van der Waals surface area contributed by atoms with Crippen LogP contribution in [0.25, 0.3) is 0 Å². The van der Waals surface area contributed by atoms with E-state index in [4.69, 9.17) is 21.1 Å². The van der Waals surface area contributed by atoms with Gasteiger partial charge in [0, 0.05) is 36.8 Å². The van der Waals surface area contributed by atoms with E-state index in [0.717, 1.165) is 5.56 Å². The predicted molar refractivity (Wildman–Crippen MR) is 112 cm³/mol. The van der Waals surface area contributed by atoms with Crippen LogP contribution in [0.3, 0.4) is 0 Å². The molecule has 1 atom stereocenters. The zero-order valence-electron chi connectivity index (χ0n) is 16.9. The fraction of sp³-hybridized carbons (Fsp3) is 0.364. The van der Waals surface area contributed by atoms with Gasteiger partial charge in [-0.1, -0.05) is 17.7 Å². The van der Waals surface area contributed by atoms with Crippen molar-refractivity contribution >= 4 is 23.4 Å².